The summed E-state index contributed by atoms with van der Waals surface area (Å²) in [5.41, 5.74) is 1.65. The molecule has 0 radical (unpaired) electrons. The van der Waals surface area contributed by atoms with Crippen molar-refractivity contribution in [1.29, 1.82) is 0 Å². The number of rotatable bonds is 10. The first kappa shape index (κ1) is 19.5. The molecule has 0 heterocycles. The number of aliphatic hydroxyl groups is 2. The van der Waals surface area contributed by atoms with Crippen molar-refractivity contribution in [2.24, 2.45) is 0 Å². The van der Waals surface area contributed by atoms with E-state index in [4.69, 9.17) is 14.6 Å². The zero-order valence-corrected chi connectivity index (χ0v) is 14.2. The van der Waals surface area contributed by atoms with Crippen LogP contribution in [0.1, 0.15) is 17.5 Å². The topological polar surface area (TPSA) is 96.2 Å². The summed E-state index contributed by atoms with van der Waals surface area (Å²) in [7, 11) is 0. The lowest BCUT2D eigenvalue weighted by Gasteiger charge is -2.17. The quantitative estimate of drug-likeness (QED) is 0.446. The first-order chi connectivity index (χ1) is 12.6. The average molecular weight is 358 g/mol. The smallest absolute Gasteiger partial charge is 0.374 e. The third kappa shape index (κ3) is 6.23. The van der Waals surface area contributed by atoms with Crippen LogP contribution in [-0.4, -0.2) is 34.0 Å². The van der Waals surface area contributed by atoms with Crippen LogP contribution < -0.4 is 0 Å². The summed E-state index contributed by atoms with van der Waals surface area (Å²) in [6.07, 6.45) is -1.31. The van der Waals surface area contributed by atoms with Gasteiger partial charge in [-0.15, -0.1) is 0 Å². The third-order valence-electron chi connectivity index (χ3n) is 3.56. The van der Waals surface area contributed by atoms with Crippen LogP contribution in [0.25, 0.3) is 0 Å². The highest BCUT2D eigenvalue weighted by atomic mass is 16.5. The molecule has 0 fully saturated rings. The minimum atomic E-state index is -1.30. The summed E-state index contributed by atoms with van der Waals surface area (Å²) in [4.78, 5) is 11.6. The molecular formula is C20H22O6. The van der Waals surface area contributed by atoms with Gasteiger partial charge >= 0.3 is 5.97 Å². The Morgan fingerprint density at radius 3 is 1.85 bits per heavy atom. The van der Waals surface area contributed by atoms with Crippen LogP contribution >= 0.6 is 0 Å². The second-order valence-electron chi connectivity index (χ2n) is 5.65. The fraction of sp³-hybridized carbons (Fsp3) is 0.250. The molecule has 138 valence electrons. The van der Waals surface area contributed by atoms with E-state index in [1.165, 1.54) is 0 Å². The minimum absolute atomic E-state index is 0.0150. The molecule has 6 nitrogen and oxygen atoms in total. The van der Waals surface area contributed by atoms with Crippen molar-refractivity contribution in [3.8, 4) is 0 Å². The molecule has 0 saturated carbocycles. The summed E-state index contributed by atoms with van der Waals surface area (Å²) in [6, 6.07) is 18.3. The third-order valence-corrected chi connectivity index (χ3v) is 3.56. The Morgan fingerprint density at radius 2 is 1.38 bits per heavy atom. The number of aliphatic carboxylic acids is 1. The molecule has 0 aliphatic heterocycles. The van der Waals surface area contributed by atoms with Gasteiger partial charge in [-0.05, 0) is 11.1 Å². The molecule has 26 heavy (non-hydrogen) atoms. The highest BCUT2D eigenvalue weighted by Gasteiger charge is 2.21. The molecule has 2 aromatic carbocycles. The normalized spacial score (nSPS) is 12.8. The fourth-order valence-electron chi connectivity index (χ4n) is 2.23. The maximum Gasteiger partial charge on any atom is 0.374 e. The lowest BCUT2D eigenvalue weighted by Crippen LogP contribution is -2.18. The van der Waals surface area contributed by atoms with Crippen LogP contribution in [0.3, 0.4) is 0 Å². The standard InChI is InChI=1S/C20H22O6/c21-12-17(22)11-18(25-13-15-7-3-1-4-8-15)19(20(23)24)26-14-16-9-5-2-6-10-16/h1-10,17,21-22H,11-14H2,(H,23,24)/b19-18-/t17-/m1/s1. The predicted molar refractivity (Wildman–Crippen MR) is 94.8 cm³/mol. The maximum absolute atomic E-state index is 11.6. The molecule has 6 heteroatoms. The summed E-state index contributed by atoms with van der Waals surface area (Å²) in [5, 5.41) is 28.3. The van der Waals surface area contributed by atoms with Gasteiger partial charge in [0.25, 0.3) is 0 Å². The Kier molecular flexibility index (Phi) is 7.67. The van der Waals surface area contributed by atoms with E-state index < -0.39 is 18.7 Å². The van der Waals surface area contributed by atoms with Crippen molar-refractivity contribution < 1.29 is 29.6 Å². The number of benzene rings is 2. The van der Waals surface area contributed by atoms with Gasteiger partial charge in [-0.1, -0.05) is 60.7 Å². The Balaban J connectivity index is 2.18. The van der Waals surface area contributed by atoms with Gasteiger partial charge in [0, 0.05) is 6.42 Å². The van der Waals surface area contributed by atoms with Crippen LogP contribution in [0.5, 0.6) is 0 Å². The molecule has 0 unspecified atom stereocenters. The van der Waals surface area contributed by atoms with Crippen molar-refractivity contribution in [2.45, 2.75) is 25.7 Å². The van der Waals surface area contributed by atoms with Gasteiger partial charge in [0.15, 0.2) is 0 Å². The van der Waals surface area contributed by atoms with Gasteiger partial charge in [0.2, 0.25) is 5.76 Å². The van der Waals surface area contributed by atoms with E-state index in [2.05, 4.69) is 0 Å². The molecule has 0 aromatic heterocycles. The largest absolute Gasteiger partial charge is 0.489 e. The number of carbonyl (C=O) groups is 1. The number of hydrogen-bond donors (Lipinski definition) is 3. The van der Waals surface area contributed by atoms with E-state index in [9.17, 15) is 15.0 Å². The number of carboxylic acid groups (broad SMARTS) is 1. The van der Waals surface area contributed by atoms with Crippen LogP contribution in [0, 0.1) is 0 Å². The van der Waals surface area contributed by atoms with E-state index in [-0.39, 0.29) is 31.2 Å². The first-order valence-corrected chi connectivity index (χ1v) is 8.19. The lowest BCUT2D eigenvalue weighted by molar-refractivity contribution is -0.137. The summed E-state index contributed by atoms with van der Waals surface area (Å²) >= 11 is 0. The lowest BCUT2D eigenvalue weighted by atomic mass is 10.2. The SMILES string of the molecule is O=C(O)/C(OCc1ccccc1)=C(\C[C@@H](O)CO)OCc1ccccc1. The van der Waals surface area contributed by atoms with Gasteiger partial charge < -0.3 is 24.8 Å². The van der Waals surface area contributed by atoms with Crippen molar-refractivity contribution in [3.05, 3.63) is 83.3 Å². The molecule has 0 amide bonds. The van der Waals surface area contributed by atoms with Crippen LogP contribution in [0.2, 0.25) is 0 Å². The molecule has 1 atom stereocenters. The van der Waals surface area contributed by atoms with Gasteiger partial charge in [-0.2, -0.15) is 0 Å². The summed E-state index contributed by atoms with van der Waals surface area (Å²) in [5.74, 6) is -1.69. The van der Waals surface area contributed by atoms with Crippen LogP contribution in [0.4, 0.5) is 0 Å². The van der Waals surface area contributed by atoms with E-state index in [0.717, 1.165) is 11.1 Å². The number of carboxylic acids is 1. The molecule has 2 rings (SSSR count). The molecule has 0 bridgehead atoms. The monoisotopic (exact) mass is 358 g/mol. The van der Waals surface area contributed by atoms with Crippen molar-refractivity contribution in [3.63, 3.8) is 0 Å². The fourth-order valence-corrected chi connectivity index (χ4v) is 2.23. The van der Waals surface area contributed by atoms with Gasteiger partial charge in [-0.3, -0.25) is 0 Å². The first-order valence-electron chi connectivity index (χ1n) is 8.19. The number of aliphatic hydroxyl groups excluding tert-OH is 2. The van der Waals surface area contributed by atoms with Crippen molar-refractivity contribution in [2.75, 3.05) is 6.61 Å². The Labute approximate surface area is 151 Å². The number of hydrogen-bond acceptors (Lipinski definition) is 5. The minimum Gasteiger partial charge on any atom is -0.489 e. The van der Waals surface area contributed by atoms with Crippen LogP contribution in [0.15, 0.2) is 72.2 Å². The van der Waals surface area contributed by atoms with Gasteiger partial charge in [0.05, 0.1) is 12.7 Å². The molecular weight excluding hydrogens is 336 g/mol. The second-order valence-corrected chi connectivity index (χ2v) is 5.65. The molecule has 0 saturated heterocycles. The highest BCUT2D eigenvalue weighted by Crippen LogP contribution is 2.19. The van der Waals surface area contributed by atoms with Crippen molar-refractivity contribution in [1.82, 2.24) is 0 Å². The maximum atomic E-state index is 11.6. The highest BCUT2D eigenvalue weighted by molar-refractivity contribution is 5.84. The average Bonchev–Trinajstić information content (AvgIpc) is 2.67. The van der Waals surface area contributed by atoms with Crippen molar-refractivity contribution >= 4 is 5.97 Å². The van der Waals surface area contributed by atoms with Gasteiger partial charge in [0.1, 0.15) is 19.0 Å². The Hall–Kier alpha value is -2.83. The summed E-state index contributed by atoms with van der Waals surface area (Å²) in [6.45, 7) is -0.334. The second kappa shape index (κ2) is 10.2. The van der Waals surface area contributed by atoms with E-state index in [0.29, 0.717) is 0 Å². The molecule has 0 spiro atoms. The molecule has 2 aromatic rings. The molecule has 3 N–H and O–H groups in total. The predicted octanol–water partition coefficient (Wildman–Crippen LogP) is 2.46. The van der Waals surface area contributed by atoms with E-state index in [1.54, 1.807) is 0 Å². The Bertz CT molecular complexity index is 712. The number of ether oxygens (including phenoxy) is 2. The molecule has 0 aliphatic rings. The zero-order chi connectivity index (χ0) is 18.8. The molecule has 0 aliphatic carbocycles. The van der Waals surface area contributed by atoms with E-state index in [1.807, 2.05) is 60.7 Å². The van der Waals surface area contributed by atoms with Crippen LogP contribution in [-0.2, 0) is 27.5 Å². The van der Waals surface area contributed by atoms with E-state index >= 15 is 0 Å². The summed E-state index contributed by atoms with van der Waals surface area (Å²) < 4.78 is 11.1. The zero-order valence-electron chi connectivity index (χ0n) is 14.2. The Morgan fingerprint density at radius 1 is 0.885 bits per heavy atom. The van der Waals surface area contributed by atoms with Gasteiger partial charge in [-0.25, -0.2) is 4.79 Å².